The van der Waals surface area contributed by atoms with Crippen LogP contribution in [0.2, 0.25) is 0 Å². The first kappa shape index (κ1) is 19.4. The predicted octanol–water partition coefficient (Wildman–Crippen LogP) is 3.07. The minimum Gasteiger partial charge on any atom is -0.493 e. The van der Waals surface area contributed by atoms with Crippen LogP contribution in [0.3, 0.4) is 0 Å². The van der Waals surface area contributed by atoms with Crippen LogP contribution in [0.25, 0.3) is 0 Å². The molecule has 6 heteroatoms. The van der Waals surface area contributed by atoms with Crippen molar-refractivity contribution in [1.82, 2.24) is 5.32 Å². The van der Waals surface area contributed by atoms with Gasteiger partial charge in [-0.25, -0.2) is 4.99 Å². The number of halogens is 1. The number of rotatable bonds is 6. The number of ether oxygens (including phenoxy) is 2. The zero-order valence-corrected chi connectivity index (χ0v) is 16.8. The maximum Gasteiger partial charge on any atom is 0.188 e. The Morgan fingerprint density at radius 2 is 1.92 bits per heavy atom. The summed E-state index contributed by atoms with van der Waals surface area (Å²) in [5, 5.41) is 3.22. The van der Waals surface area contributed by atoms with Gasteiger partial charge in [0.1, 0.15) is 0 Å². The maximum atomic E-state index is 5.98. The molecule has 1 unspecified atom stereocenters. The smallest absolute Gasteiger partial charge is 0.188 e. The molecule has 2 aromatic carbocycles. The number of guanidine groups is 1. The molecule has 1 atom stereocenters. The number of hydrogen-bond acceptors (Lipinski definition) is 3. The summed E-state index contributed by atoms with van der Waals surface area (Å²) >= 11 is 0. The number of nitrogens with one attached hydrogen (secondary N) is 1. The highest BCUT2D eigenvalue weighted by atomic mass is 127. The standard InChI is InChI=1S/C19H23N3O2.HI/c1-23-17-8-7-13(9-18(17)24-2)11-21-19(20)22-12-15-10-14-5-3-4-6-16(14)15;/h3-9,15H,10-12H2,1-2H3,(H3,20,21,22);1H. The Kier molecular flexibility index (Phi) is 6.92. The van der Waals surface area contributed by atoms with E-state index in [0.717, 1.165) is 18.5 Å². The van der Waals surface area contributed by atoms with Crippen molar-refractivity contribution in [3.05, 3.63) is 59.2 Å². The third-order valence-corrected chi connectivity index (χ3v) is 4.37. The molecule has 2 aromatic rings. The van der Waals surface area contributed by atoms with Crippen LogP contribution in [0, 0.1) is 0 Å². The molecule has 0 radical (unpaired) electrons. The molecule has 0 saturated carbocycles. The summed E-state index contributed by atoms with van der Waals surface area (Å²) in [5.74, 6) is 2.40. The molecule has 1 aliphatic rings. The van der Waals surface area contributed by atoms with Gasteiger partial charge in [0.05, 0.1) is 20.8 Å². The first-order chi connectivity index (χ1) is 11.7. The second kappa shape index (κ2) is 8.94. The highest BCUT2D eigenvalue weighted by Gasteiger charge is 2.24. The average Bonchev–Trinajstić information content (AvgIpc) is 2.60. The minimum absolute atomic E-state index is 0. The van der Waals surface area contributed by atoms with Gasteiger partial charge in [-0.1, -0.05) is 30.3 Å². The molecule has 0 saturated heterocycles. The molecule has 0 fully saturated rings. The largest absolute Gasteiger partial charge is 0.493 e. The highest BCUT2D eigenvalue weighted by molar-refractivity contribution is 14.0. The predicted molar refractivity (Wildman–Crippen MR) is 111 cm³/mol. The zero-order chi connectivity index (χ0) is 16.9. The van der Waals surface area contributed by atoms with Crippen molar-refractivity contribution in [2.45, 2.75) is 18.9 Å². The van der Waals surface area contributed by atoms with Gasteiger partial charge in [-0.3, -0.25) is 0 Å². The topological polar surface area (TPSA) is 68.9 Å². The van der Waals surface area contributed by atoms with Crippen molar-refractivity contribution in [2.24, 2.45) is 10.7 Å². The molecule has 134 valence electrons. The van der Waals surface area contributed by atoms with E-state index in [1.165, 1.54) is 11.1 Å². The highest BCUT2D eigenvalue weighted by Crippen LogP contribution is 2.34. The van der Waals surface area contributed by atoms with Crippen LogP contribution in [0.4, 0.5) is 0 Å². The Balaban J connectivity index is 0.00000225. The number of nitrogens with zero attached hydrogens (tertiary/aromatic N) is 1. The number of fused-ring (bicyclic) bond motifs is 1. The normalized spacial score (nSPS) is 15.4. The molecular formula is C19H24IN3O2. The van der Waals surface area contributed by atoms with Gasteiger partial charge < -0.3 is 20.5 Å². The van der Waals surface area contributed by atoms with Crippen molar-refractivity contribution in [3.63, 3.8) is 0 Å². The van der Waals surface area contributed by atoms with Gasteiger partial charge in [0.2, 0.25) is 0 Å². The van der Waals surface area contributed by atoms with Crippen LogP contribution in [0.5, 0.6) is 11.5 Å². The van der Waals surface area contributed by atoms with E-state index in [4.69, 9.17) is 15.2 Å². The fraction of sp³-hybridized carbons (Fsp3) is 0.316. The Bertz CT molecular complexity index is 749. The number of methoxy groups -OCH3 is 2. The Hall–Kier alpha value is -1.96. The molecule has 25 heavy (non-hydrogen) atoms. The molecular weight excluding hydrogens is 429 g/mol. The molecule has 0 heterocycles. The van der Waals surface area contributed by atoms with E-state index < -0.39 is 0 Å². The lowest BCUT2D eigenvalue weighted by molar-refractivity contribution is 0.354. The van der Waals surface area contributed by atoms with Gasteiger partial charge in [-0.15, -0.1) is 24.0 Å². The zero-order valence-electron chi connectivity index (χ0n) is 14.5. The van der Waals surface area contributed by atoms with Crippen LogP contribution in [0.15, 0.2) is 47.5 Å². The lowest BCUT2D eigenvalue weighted by Crippen LogP contribution is -2.37. The minimum atomic E-state index is 0. The molecule has 0 aromatic heterocycles. The number of nitrogens with two attached hydrogens (primary N) is 1. The van der Waals surface area contributed by atoms with E-state index in [1.807, 2.05) is 18.2 Å². The van der Waals surface area contributed by atoms with Crippen molar-refractivity contribution < 1.29 is 9.47 Å². The third kappa shape index (κ3) is 4.56. The molecule has 0 amide bonds. The lowest BCUT2D eigenvalue weighted by atomic mass is 9.78. The van der Waals surface area contributed by atoms with E-state index >= 15 is 0 Å². The summed E-state index contributed by atoms with van der Waals surface area (Å²) in [7, 11) is 3.24. The average molecular weight is 453 g/mol. The molecule has 0 aliphatic heterocycles. The molecule has 3 rings (SSSR count). The summed E-state index contributed by atoms with van der Waals surface area (Å²) in [4.78, 5) is 4.40. The number of hydrogen-bond donors (Lipinski definition) is 2. The molecule has 0 spiro atoms. The SMILES string of the molecule is COc1ccc(CN=C(N)NCC2Cc3ccccc32)cc1OC.I. The fourth-order valence-corrected chi connectivity index (χ4v) is 2.98. The summed E-state index contributed by atoms with van der Waals surface area (Å²) in [6.07, 6.45) is 1.10. The van der Waals surface area contributed by atoms with Crippen LogP contribution < -0.4 is 20.5 Å². The summed E-state index contributed by atoms with van der Waals surface area (Å²) in [6.45, 7) is 1.32. The van der Waals surface area contributed by atoms with Gasteiger partial charge >= 0.3 is 0 Å². The van der Waals surface area contributed by atoms with Gasteiger partial charge in [-0.05, 0) is 35.2 Å². The third-order valence-electron chi connectivity index (χ3n) is 4.37. The van der Waals surface area contributed by atoms with Gasteiger partial charge in [0.25, 0.3) is 0 Å². The van der Waals surface area contributed by atoms with Gasteiger partial charge in [0.15, 0.2) is 17.5 Å². The number of aliphatic imine (C=N–C) groups is 1. The quantitative estimate of drug-likeness (QED) is 0.401. The summed E-state index contributed by atoms with van der Waals surface area (Å²) < 4.78 is 10.5. The molecule has 3 N–H and O–H groups in total. The van der Waals surface area contributed by atoms with E-state index in [-0.39, 0.29) is 24.0 Å². The van der Waals surface area contributed by atoms with E-state index in [2.05, 4.69) is 34.6 Å². The monoisotopic (exact) mass is 453 g/mol. The molecule has 1 aliphatic carbocycles. The van der Waals surface area contributed by atoms with Gasteiger partial charge in [0, 0.05) is 12.5 Å². The Morgan fingerprint density at radius 1 is 1.16 bits per heavy atom. The maximum absolute atomic E-state index is 5.98. The van der Waals surface area contributed by atoms with E-state index in [0.29, 0.717) is 29.9 Å². The van der Waals surface area contributed by atoms with E-state index in [1.54, 1.807) is 14.2 Å². The van der Waals surface area contributed by atoms with Crippen molar-refractivity contribution in [1.29, 1.82) is 0 Å². The Labute approximate surface area is 165 Å². The second-order valence-electron chi connectivity index (χ2n) is 5.87. The molecule has 0 bridgehead atoms. The fourth-order valence-electron chi connectivity index (χ4n) is 2.98. The van der Waals surface area contributed by atoms with E-state index in [9.17, 15) is 0 Å². The van der Waals surface area contributed by atoms with Crippen molar-refractivity contribution in [3.8, 4) is 11.5 Å². The first-order valence-electron chi connectivity index (χ1n) is 8.03. The van der Waals surface area contributed by atoms with Crippen LogP contribution in [-0.2, 0) is 13.0 Å². The van der Waals surface area contributed by atoms with Crippen molar-refractivity contribution in [2.75, 3.05) is 20.8 Å². The summed E-state index contributed by atoms with van der Waals surface area (Å²) in [5.41, 5.74) is 9.85. The van der Waals surface area contributed by atoms with Gasteiger partial charge in [-0.2, -0.15) is 0 Å². The van der Waals surface area contributed by atoms with Crippen LogP contribution >= 0.6 is 24.0 Å². The summed E-state index contributed by atoms with van der Waals surface area (Å²) in [6, 6.07) is 14.3. The lowest BCUT2D eigenvalue weighted by Gasteiger charge is -2.30. The second-order valence-corrected chi connectivity index (χ2v) is 5.87. The first-order valence-corrected chi connectivity index (χ1v) is 8.03. The van der Waals surface area contributed by atoms with Crippen LogP contribution in [0.1, 0.15) is 22.6 Å². The number of benzene rings is 2. The Morgan fingerprint density at radius 3 is 2.64 bits per heavy atom. The van der Waals surface area contributed by atoms with Crippen LogP contribution in [-0.4, -0.2) is 26.7 Å². The van der Waals surface area contributed by atoms with Crippen molar-refractivity contribution >= 4 is 29.9 Å². The molecule has 5 nitrogen and oxygen atoms in total.